The zero-order valence-corrected chi connectivity index (χ0v) is 19.7. The van der Waals surface area contributed by atoms with Crippen LogP contribution >= 0.6 is 0 Å². The molecule has 0 aliphatic heterocycles. The Hall–Kier alpha value is -3.14. The van der Waals surface area contributed by atoms with Crippen molar-refractivity contribution in [2.75, 3.05) is 0 Å². The molecule has 0 spiro atoms. The molecule has 0 aromatic heterocycles. The maximum atomic E-state index is 13.5. The number of nitrogens with zero attached hydrogens (tertiary/aromatic N) is 1. The smallest absolute Gasteiger partial charge is 0.242 e. The van der Waals surface area contributed by atoms with Gasteiger partial charge in [0.1, 0.15) is 6.04 Å². The molecule has 0 bridgehead atoms. The van der Waals surface area contributed by atoms with Crippen LogP contribution < -0.4 is 5.32 Å². The van der Waals surface area contributed by atoms with Gasteiger partial charge in [-0.2, -0.15) is 0 Å². The van der Waals surface area contributed by atoms with Crippen LogP contribution in [0.25, 0.3) is 10.8 Å². The second kappa shape index (κ2) is 10.7. The van der Waals surface area contributed by atoms with E-state index in [4.69, 9.17) is 0 Å². The summed E-state index contributed by atoms with van der Waals surface area (Å²) in [5, 5.41) is 5.55. The highest BCUT2D eigenvalue weighted by atomic mass is 16.2. The third-order valence-electron chi connectivity index (χ3n) is 6.96. The summed E-state index contributed by atoms with van der Waals surface area (Å²) >= 11 is 0. The average Bonchev–Trinajstić information content (AvgIpc) is 3.34. The highest BCUT2D eigenvalue weighted by Gasteiger charge is 2.28. The lowest BCUT2D eigenvalue weighted by atomic mass is 10.00. The molecule has 1 N–H and O–H groups in total. The largest absolute Gasteiger partial charge is 0.352 e. The van der Waals surface area contributed by atoms with Crippen molar-refractivity contribution in [2.45, 2.75) is 71.0 Å². The molecule has 0 unspecified atom stereocenters. The molecule has 0 radical (unpaired) electrons. The van der Waals surface area contributed by atoms with Crippen molar-refractivity contribution in [2.24, 2.45) is 0 Å². The number of carbonyl (C=O) groups is 2. The molecule has 33 heavy (non-hydrogen) atoms. The van der Waals surface area contributed by atoms with Crippen molar-refractivity contribution >= 4 is 22.6 Å². The van der Waals surface area contributed by atoms with Crippen LogP contribution in [0, 0.1) is 6.92 Å². The van der Waals surface area contributed by atoms with Gasteiger partial charge in [-0.25, -0.2) is 0 Å². The quantitative estimate of drug-likeness (QED) is 0.497. The fourth-order valence-electron chi connectivity index (χ4n) is 4.84. The predicted molar refractivity (Wildman–Crippen MR) is 134 cm³/mol. The molecule has 1 aliphatic carbocycles. The first-order chi connectivity index (χ1) is 16.0. The summed E-state index contributed by atoms with van der Waals surface area (Å²) in [6, 6.07) is 22.3. The van der Waals surface area contributed by atoms with E-state index in [1.54, 1.807) is 4.90 Å². The monoisotopic (exact) mass is 442 g/mol. The third-order valence-corrected chi connectivity index (χ3v) is 6.96. The van der Waals surface area contributed by atoms with Crippen molar-refractivity contribution in [1.29, 1.82) is 0 Å². The highest BCUT2D eigenvalue weighted by Crippen LogP contribution is 2.22. The predicted octanol–water partition coefficient (Wildman–Crippen LogP) is 5.56. The van der Waals surface area contributed by atoms with Crippen LogP contribution in [0.3, 0.4) is 0 Å². The van der Waals surface area contributed by atoms with Gasteiger partial charge in [0, 0.05) is 19.0 Å². The Kier molecular flexibility index (Phi) is 7.43. The van der Waals surface area contributed by atoms with E-state index >= 15 is 0 Å². The Labute approximate surface area is 197 Å². The highest BCUT2D eigenvalue weighted by molar-refractivity contribution is 5.89. The summed E-state index contributed by atoms with van der Waals surface area (Å²) in [5.74, 6) is -0.0331. The van der Waals surface area contributed by atoms with Crippen molar-refractivity contribution in [3.05, 3.63) is 83.4 Å². The first-order valence-corrected chi connectivity index (χ1v) is 12.1. The van der Waals surface area contributed by atoms with Gasteiger partial charge in [-0.3, -0.25) is 9.59 Å². The second-order valence-corrected chi connectivity index (χ2v) is 9.25. The van der Waals surface area contributed by atoms with Gasteiger partial charge in [0.15, 0.2) is 0 Å². The van der Waals surface area contributed by atoms with Crippen molar-refractivity contribution in [3.63, 3.8) is 0 Å². The molecular formula is C29H34N2O2. The van der Waals surface area contributed by atoms with Gasteiger partial charge < -0.3 is 10.2 Å². The van der Waals surface area contributed by atoms with Gasteiger partial charge in [0.05, 0.1) is 0 Å². The summed E-state index contributed by atoms with van der Waals surface area (Å²) in [4.78, 5) is 28.3. The van der Waals surface area contributed by atoms with Crippen LogP contribution in [-0.4, -0.2) is 28.8 Å². The standard InChI is InChI=1S/C29H34N2O2/c1-21-10-3-4-12-25(21)20-31(22(2)29(33)30-26-15-6-7-16-26)28(32)19-18-24-14-9-13-23-11-5-8-17-27(23)24/h3-5,8-14,17,22,26H,6-7,15-16,18-20H2,1-2H3,(H,30,33)/t22-/m1/s1. The van der Waals surface area contributed by atoms with Gasteiger partial charge in [0.25, 0.3) is 0 Å². The fourth-order valence-corrected chi connectivity index (χ4v) is 4.84. The number of carbonyl (C=O) groups excluding carboxylic acids is 2. The minimum atomic E-state index is -0.509. The van der Waals surface area contributed by atoms with Gasteiger partial charge in [0.2, 0.25) is 11.8 Å². The molecule has 3 aromatic carbocycles. The first-order valence-electron chi connectivity index (χ1n) is 12.1. The zero-order valence-electron chi connectivity index (χ0n) is 19.7. The summed E-state index contributed by atoms with van der Waals surface area (Å²) in [6.07, 6.45) is 5.42. The lowest BCUT2D eigenvalue weighted by Crippen LogP contribution is -2.49. The molecule has 172 valence electrons. The van der Waals surface area contributed by atoms with E-state index in [0.29, 0.717) is 19.4 Å². The molecule has 4 heteroatoms. The number of aryl methyl sites for hydroxylation is 2. The van der Waals surface area contributed by atoms with Gasteiger partial charge >= 0.3 is 0 Å². The molecule has 1 aliphatic rings. The number of fused-ring (bicyclic) bond motifs is 1. The number of amides is 2. The SMILES string of the molecule is Cc1ccccc1CN(C(=O)CCc1cccc2ccccc12)[C@H](C)C(=O)NC1CCCC1. The minimum absolute atomic E-state index is 0.0141. The van der Waals surface area contributed by atoms with Crippen LogP contribution in [-0.2, 0) is 22.6 Å². The molecule has 4 rings (SSSR count). The molecule has 4 nitrogen and oxygen atoms in total. The zero-order chi connectivity index (χ0) is 23.2. The normalized spacial score (nSPS) is 14.8. The maximum absolute atomic E-state index is 13.5. The average molecular weight is 443 g/mol. The number of benzene rings is 3. The summed E-state index contributed by atoms with van der Waals surface area (Å²) < 4.78 is 0. The van der Waals surface area contributed by atoms with E-state index in [1.807, 2.05) is 43.3 Å². The van der Waals surface area contributed by atoms with Gasteiger partial charge in [-0.1, -0.05) is 79.6 Å². The Bertz CT molecular complexity index is 1110. The minimum Gasteiger partial charge on any atom is -0.352 e. The molecule has 1 atom stereocenters. The Morgan fingerprint density at radius 1 is 0.939 bits per heavy atom. The summed E-state index contributed by atoms with van der Waals surface area (Å²) in [5.41, 5.74) is 3.38. The van der Waals surface area contributed by atoms with Crippen LogP contribution in [0.5, 0.6) is 0 Å². The van der Waals surface area contributed by atoms with E-state index in [2.05, 4.69) is 42.6 Å². The lowest BCUT2D eigenvalue weighted by Gasteiger charge is -2.30. The molecule has 2 amide bonds. The Balaban J connectivity index is 1.51. The molecule has 1 fully saturated rings. The first kappa shape index (κ1) is 23.0. The summed E-state index contributed by atoms with van der Waals surface area (Å²) in [7, 11) is 0. The van der Waals surface area contributed by atoms with Crippen LogP contribution in [0.1, 0.15) is 55.7 Å². The van der Waals surface area contributed by atoms with Crippen LogP contribution in [0.4, 0.5) is 0 Å². The maximum Gasteiger partial charge on any atom is 0.242 e. The van der Waals surface area contributed by atoms with Crippen LogP contribution in [0.15, 0.2) is 66.7 Å². The molecule has 3 aromatic rings. The summed E-state index contributed by atoms with van der Waals surface area (Å²) in [6.45, 7) is 4.36. The van der Waals surface area contributed by atoms with Crippen LogP contribution in [0.2, 0.25) is 0 Å². The number of hydrogen-bond donors (Lipinski definition) is 1. The number of hydrogen-bond acceptors (Lipinski definition) is 2. The van der Waals surface area contributed by atoms with Gasteiger partial charge in [-0.05, 0) is 60.6 Å². The van der Waals surface area contributed by atoms with E-state index in [0.717, 1.165) is 36.8 Å². The third kappa shape index (κ3) is 5.62. The van der Waals surface area contributed by atoms with E-state index < -0.39 is 6.04 Å². The topological polar surface area (TPSA) is 49.4 Å². The lowest BCUT2D eigenvalue weighted by molar-refractivity contribution is -0.140. The molecule has 0 saturated heterocycles. The van der Waals surface area contributed by atoms with Gasteiger partial charge in [-0.15, -0.1) is 0 Å². The van der Waals surface area contributed by atoms with Crippen molar-refractivity contribution in [3.8, 4) is 0 Å². The number of nitrogens with one attached hydrogen (secondary N) is 1. The molecule has 1 saturated carbocycles. The Morgan fingerprint density at radius 2 is 1.61 bits per heavy atom. The molecular weight excluding hydrogens is 408 g/mol. The number of rotatable bonds is 8. The molecule has 0 heterocycles. The van der Waals surface area contributed by atoms with Crippen molar-refractivity contribution in [1.82, 2.24) is 10.2 Å². The van der Waals surface area contributed by atoms with E-state index in [-0.39, 0.29) is 17.9 Å². The second-order valence-electron chi connectivity index (χ2n) is 9.25. The Morgan fingerprint density at radius 3 is 2.39 bits per heavy atom. The fraction of sp³-hybridized carbons (Fsp3) is 0.379. The van der Waals surface area contributed by atoms with E-state index in [9.17, 15) is 9.59 Å². The van der Waals surface area contributed by atoms with Crippen molar-refractivity contribution < 1.29 is 9.59 Å². The van der Waals surface area contributed by atoms with E-state index in [1.165, 1.54) is 16.3 Å².